The van der Waals surface area contributed by atoms with Crippen molar-refractivity contribution in [3.8, 4) is 45.5 Å². The molecule has 7 aromatic carbocycles. The van der Waals surface area contributed by atoms with Gasteiger partial charge in [-0.1, -0.05) is 153 Å². The maximum Gasteiger partial charge on any atom is 0.238 e. The smallest absolute Gasteiger partial charge is 0.238 e. The van der Waals surface area contributed by atoms with Gasteiger partial charge in [-0.15, -0.1) is 0 Å². The highest BCUT2D eigenvalue weighted by atomic mass is 15.2. The summed E-state index contributed by atoms with van der Waals surface area (Å²) >= 11 is 0. The van der Waals surface area contributed by atoms with E-state index in [0.29, 0.717) is 17.6 Å². The SMILES string of the molecule is CC1(C)c2ccccc2-c2c(-n3c4ccccc4c4c3ccc3c5ccccc5n(-c5nc(-c6ccccc6)nc(-c6ccccc6)n5)c34)cccc21. The molecule has 3 aromatic heterocycles. The second kappa shape index (κ2) is 11.1. The van der Waals surface area contributed by atoms with Crippen molar-refractivity contribution in [2.24, 2.45) is 0 Å². The third-order valence-corrected chi connectivity index (χ3v) is 11.2. The fraction of sp³-hybridized carbons (Fsp3) is 0.0625. The lowest BCUT2D eigenvalue weighted by molar-refractivity contribution is 0.660. The van der Waals surface area contributed by atoms with Gasteiger partial charge in [0, 0.05) is 43.7 Å². The average Bonchev–Trinajstić information content (AvgIpc) is 3.82. The van der Waals surface area contributed by atoms with Gasteiger partial charge < -0.3 is 4.57 Å². The van der Waals surface area contributed by atoms with Crippen molar-refractivity contribution in [1.29, 1.82) is 0 Å². The molecule has 0 atom stereocenters. The molecule has 0 spiro atoms. The molecule has 0 fully saturated rings. The zero-order chi connectivity index (χ0) is 35.3. The van der Waals surface area contributed by atoms with Crippen LogP contribution < -0.4 is 0 Å². The molecule has 5 nitrogen and oxygen atoms in total. The van der Waals surface area contributed by atoms with Crippen LogP contribution in [0, 0.1) is 0 Å². The Labute approximate surface area is 306 Å². The van der Waals surface area contributed by atoms with E-state index in [4.69, 9.17) is 15.0 Å². The summed E-state index contributed by atoms with van der Waals surface area (Å²) in [7, 11) is 0. The zero-order valence-electron chi connectivity index (χ0n) is 29.3. The molecule has 250 valence electrons. The van der Waals surface area contributed by atoms with Crippen LogP contribution in [0.25, 0.3) is 89.2 Å². The lowest BCUT2D eigenvalue weighted by Crippen LogP contribution is -2.14. The van der Waals surface area contributed by atoms with E-state index in [1.165, 1.54) is 38.7 Å². The summed E-state index contributed by atoms with van der Waals surface area (Å²) < 4.78 is 4.74. The summed E-state index contributed by atoms with van der Waals surface area (Å²) in [5, 5.41) is 4.66. The molecule has 0 aliphatic heterocycles. The van der Waals surface area contributed by atoms with Crippen LogP contribution in [-0.2, 0) is 5.41 Å². The standard InChI is InChI=1S/C48H33N5/c1-48(2)36-23-12-9-21-34(36)42-37(48)24-15-27-40(42)52-39-26-14-11-22-35(39)43-41(52)29-28-33-32-20-10-13-25-38(32)53(44(33)43)47-50-45(30-16-5-3-6-17-30)49-46(51-47)31-18-7-4-8-19-31/h3-29H,1-2H3. The van der Waals surface area contributed by atoms with E-state index in [-0.39, 0.29) is 5.41 Å². The third kappa shape index (κ3) is 4.22. The topological polar surface area (TPSA) is 48.5 Å². The molecular weight excluding hydrogens is 647 g/mol. The van der Waals surface area contributed by atoms with Crippen molar-refractivity contribution in [1.82, 2.24) is 24.1 Å². The van der Waals surface area contributed by atoms with Crippen LogP contribution >= 0.6 is 0 Å². The van der Waals surface area contributed by atoms with Crippen LogP contribution in [0.3, 0.4) is 0 Å². The van der Waals surface area contributed by atoms with Crippen molar-refractivity contribution < 1.29 is 0 Å². The van der Waals surface area contributed by atoms with Gasteiger partial charge in [0.15, 0.2) is 11.6 Å². The van der Waals surface area contributed by atoms with Crippen molar-refractivity contribution in [3.05, 3.63) is 175 Å². The number of rotatable bonds is 4. The first-order chi connectivity index (χ1) is 26.1. The highest BCUT2D eigenvalue weighted by molar-refractivity contribution is 6.26. The van der Waals surface area contributed by atoms with Crippen molar-refractivity contribution >= 4 is 43.6 Å². The predicted octanol–water partition coefficient (Wildman–Crippen LogP) is 11.7. The van der Waals surface area contributed by atoms with Crippen LogP contribution in [0.2, 0.25) is 0 Å². The molecule has 53 heavy (non-hydrogen) atoms. The Morgan fingerprint density at radius 1 is 0.434 bits per heavy atom. The molecule has 3 heterocycles. The highest BCUT2D eigenvalue weighted by Gasteiger charge is 2.37. The summed E-state index contributed by atoms with van der Waals surface area (Å²) in [4.78, 5) is 15.5. The average molecular weight is 680 g/mol. The van der Waals surface area contributed by atoms with E-state index in [1.54, 1.807) is 0 Å². The van der Waals surface area contributed by atoms with Gasteiger partial charge in [-0.2, -0.15) is 9.97 Å². The van der Waals surface area contributed by atoms with E-state index in [2.05, 4.69) is 150 Å². The summed E-state index contributed by atoms with van der Waals surface area (Å²) in [6.07, 6.45) is 0. The van der Waals surface area contributed by atoms with Crippen LogP contribution in [0.5, 0.6) is 0 Å². The number of aromatic nitrogens is 5. The molecule has 5 heteroatoms. The normalized spacial score (nSPS) is 13.2. The summed E-state index contributed by atoms with van der Waals surface area (Å²) in [5.74, 6) is 1.86. The Hall–Kier alpha value is -6.85. The third-order valence-electron chi connectivity index (χ3n) is 11.2. The van der Waals surface area contributed by atoms with Crippen LogP contribution in [0.4, 0.5) is 0 Å². The maximum atomic E-state index is 5.25. The monoisotopic (exact) mass is 679 g/mol. The van der Waals surface area contributed by atoms with Gasteiger partial charge in [0.25, 0.3) is 0 Å². The number of nitrogens with zero attached hydrogens (tertiary/aromatic N) is 5. The van der Waals surface area contributed by atoms with Gasteiger partial charge in [-0.05, 0) is 41.0 Å². The Kier molecular flexibility index (Phi) is 6.23. The van der Waals surface area contributed by atoms with Crippen LogP contribution in [0.15, 0.2) is 164 Å². The van der Waals surface area contributed by atoms with Crippen molar-refractivity contribution in [2.45, 2.75) is 19.3 Å². The van der Waals surface area contributed by atoms with Crippen LogP contribution in [-0.4, -0.2) is 24.1 Å². The number of para-hydroxylation sites is 2. The molecule has 1 aliphatic rings. The Balaban J connectivity index is 1.28. The lowest BCUT2D eigenvalue weighted by atomic mass is 9.82. The summed E-state index contributed by atoms with van der Waals surface area (Å²) in [5.41, 5.74) is 12.7. The molecule has 10 aromatic rings. The fourth-order valence-electron chi connectivity index (χ4n) is 8.79. The maximum absolute atomic E-state index is 5.25. The quantitative estimate of drug-likeness (QED) is 0.186. The first kappa shape index (κ1) is 29.8. The second-order valence-corrected chi connectivity index (χ2v) is 14.4. The highest BCUT2D eigenvalue weighted by Crippen LogP contribution is 2.52. The van der Waals surface area contributed by atoms with Crippen molar-refractivity contribution in [2.75, 3.05) is 0 Å². The molecule has 0 bridgehead atoms. The molecule has 0 radical (unpaired) electrons. The summed E-state index contributed by atoms with van der Waals surface area (Å²) in [6, 6.07) is 58.1. The van der Waals surface area contributed by atoms with Gasteiger partial charge in [0.1, 0.15) is 0 Å². The number of benzene rings is 7. The van der Waals surface area contributed by atoms with Gasteiger partial charge >= 0.3 is 0 Å². The molecule has 0 N–H and O–H groups in total. The van der Waals surface area contributed by atoms with E-state index in [0.717, 1.165) is 44.0 Å². The Bertz CT molecular complexity index is 3020. The second-order valence-electron chi connectivity index (χ2n) is 14.4. The largest absolute Gasteiger partial charge is 0.309 e. The molecular formula is C48H33N5. The fourth-order valence-corrected chi connectivity index (χ4v) is 8.79. The number of hydrogen-bond acceptors (Lipinski definition) is 3. The zero-order valence-corrected chi connectivity index (χ0v) is 29.3. The van der Waals surface area contributed by atoms with E-state index >= 15 is 0 Å². The molecule has 1 aliphatic carbocycles. The molecule has 0 saturated carbocycles. The first-order valence-corrected chi connectivity index (χ1v) is 18.1. The van der Waals surface area contributed by atoms with E-state index < -0.39 is 0 Å². The van der Waals surface area contributed by atoms with Gasteiger partial charge in [-0.25, -0.2) is 4.98 Å². The van der Waals surface area contributed by atoms with Crippen molar-refractivity contribution in [3.63, 3.8) is 0 Å². The Morgan fingerprint density at radius 2 is 1.02 bits per heavy atom. The van der Waals surface area contributed by atoms with Gasteiger partial charge in [-0.3, -0.25) is 4.57 Å². The summed E-state index contributed by atoms with van der Waals surface area (Å²) in [6.45, 7) is 4.69. The molecule has 11 rings (SSSR count). The Morgan fingerprint density at radius 3 is 1.74 bits per heavy atom. The minimum atomic E-state index is -0.105. The molecule has 0 saturated heterocycles. The van der Waals surface area contributed by atoms with Crippen LogP contribution in [0.1, 0.15) is 25.0 Å². The predicted molar refractivity (Wildman–Crippen MR) is 217 cm³/mol. The lowest BCUT2D eigenvalue weighted by Gasteiger charge is -2.21. The number of hydrogen-bond donors (Lipinski definition) is 0. The van der Waals surface area contributed by atoms with E-state index in [1.807, 2.05) is 36.4 Å². The minimum Gasteiger partial charge on any atom is -0.309 e. The first-order valence-electron chi connectivity index (χ1n) is 18.1. The van der Waals surface area contributed by atoms with E-state index in [9.17, 15) is 0 Å². The van der Waals surface area contributed by atoms with Gasteiger partial charge in [0.05, 0.1) is 27.8 Å². The van der Waals surface area contributed by atoms with Gasteiger partial charge in [0.2, 0.25) is 5.95 Å². The molecule has 0 unspecified atom stereocenters. The molecule has 0 amide bonds. The number of fused-ring (bicyclic) bond motifs is 10. The minimum absolute atomic E-state index is 0.105.